The monoisotopic (exact) mass is 252 g/mol. The average molecular weight is 252 g/mol. The maximum atomic E-state index is 12.3. The van der Waals surface area contributed by atoms with Gasteiger partial charge in [-0.15, -0.1) is 0 Å². The minimum Gasteiger partial charge on any atom is -0.330 e. The van der Waals surface area contributed by atoms with E-state index >= 15 is 0 Å². The van der Waals surface area contributed by atoms with Crippen molar-refractivity contribution in [3.8, 4) is 0 Å². The zero-order valence-electron chi connectivity index (χ0n) is 10.5. The third-order valence-corrected chi connectivity index (χ3v) is 3.67. The highest BCUT2D eigenvalue weighted by Gasteiger charge is 2.31. The largest absolute Gasteiger partial charge is 0.401 e. The van der Waals surface area contributed by atoms with Crippen LogP contribution in [0.2, 0.25) is 0 Å². The SMILES string of the molecule is CCN(CC1CCC(CN)CC1)CC(F)(F)F. The van der Waals surface area contributed by atoms with Crippen LogP contribution in [0.25, 0.3) is 0 Å². The van der Waals surface area contributed by atoms with Crippen molar-refractivity contribution >= 4 is 0 Å². The lowest BCUT2D eigenvalue weighted by atomic mass is 9.82. The smallest absolute Gasteiger partial charge is 0.330 e. The van der Waals surface area contributed by atoms with Gasteiger partial charge in [0.05, 0.1) is 6.54 Å². The number of nitrogens with two attached hydrogens (primary N) is 1. The molecule has 0 atom stereocenters. The van der Waals surface area contributed by atoms with Gasteiger partial charge in [0.1, 0.15) is 0 Å². The van der Waals surface area contributed by atoms with Gasteiger partial charge in [-0.2, -0.15) is 13.2 Å². The Kier molecular flexibility index (Phi) is 5.73. The first-order chi connectivity index (χ1) is 7.94. The van der Waals surface area contributed by atoms with E-state index in [1.54, 1.807) is 6.92 Å². The van der Waals surface area contributed by atoms with Crippen LogP contribution >= 0.6 is 0 Å². The molecule has 0 heterocycles. The third-order valence-electron chi connectivity index (χ3n) is 3.67. The Morgan fingerprint density at radius 3 is 2.06 bits per heavy atom. The van der Waals surface area contributed by atoms with E-state index in [1.807, 2.05) is 0 Å². The molecule has 0 aromatic heterocycles. The fraction of sp³-hybridized carbons (Fsp3) is 1.00. The summed E-state index contributed by atoms with van der Waals surface area (Å²) in [6, 6.07) is 0. The van der Waals surface area contributed by atoms with Gasteiger partial charge in [0.2, 0.25) is 0 Å². The molecule has 0 aromatic carbocycles. The van der Waals surface area contributed by atoms with Crippen LogP contribution in [0.3, 0.4) is 0 Å². The summed E-state index contributed by atoms with van der Waals surface area (Å²) in [5.41, 5.74) is 5.60. The fourth-order valence-electron chi connectivity index (χ4n) is 2.57. The topological polar surface area (TPSA) is 29.3 Å². The van der Waals surface area contributed by atoms with Crippen molar-refractivity contribution in [1.82, 2.24) is 4.90 Å². The summed E-state index contributed by atoms with van der Waals surface area (Å²) >= 11 is 0. The van der Waals surface area contributed by atoms with Gasteiger partial charge in [-0.25, -0.2) is 0 Å². The van der Waals surface area contributed by atoms with Crippen LogP contribution in [0.4, 0.5) is 13.2 Å². The molecule has 2 N–H and O–H groups in total. The highest BCUT2D eigenvalue weighted by Crippen LogP contribution is 2.29. The molecule has 5 heteroatoms. The first-order valence-corrected chi connectivity index (χ1v) is 6.43. The summed E-state index contributed by atoms with van der Waals surface area (Å²) < 4.78 is 36.9. The summed E-state index contributed by atoms with van der Waals surface area (Å²) in [5, 5.41) is 0. The summed E-state index contributed by atoms with van der Waals surface area (Å²) in [5.74, 6) is 1.00. The lowest BCUT2D eigenvalue weighted by Crippen LogP contribution is -2.38. The summed E-state index contributed by atoms with van der Waals surface area (Å²) in [4.78, 5) is 1.51. The molecule has 0 unspecified atom stereocenters. The molecule has 0 aromatic rings. The number of alkyl halides is 3. The van der Waals surface area contributed by atoms with E-state index < -0.39 is 12.7 Å². The minimum absolute atomic E-state index is 0.417. The highest BCUT2D eigenvalue weighted by molar-refractivity contribution is 4.76. The van der Waals surface area contributed by atoms with Gasteiger partial charge in [0.15, 0.2) is 0 Å². The Balaban J connectivity index is 2.32. The van der Waals surface area contributed by atoms with Crippen molar-refractivity contribution in [2.45, 2.75) is 38.8 Å². The molecule has 0 saturated heterocycles. The van der Waals surface area contributed by atoms with E-state index in [1.165, 1.54) is 4.90 Å². The Hall–Kier alpha value is -0.290. The van der Waals surface area contributed by atoms with Crippen molar-refractivity contribution in [1.29, 1.82) is 0 Å². The lowest BCUT2D eigenvalue weighted by molar-refractivity contribution is -0.147. The minimum atomic E-state index is -4.08. The van der Waals surface area contributed by atoms with Crippen LogP contribution in [-0.4, -0.2) is 37.3 Å². The molecule has 0 amide bonds. The average Bonchev–Trinajstić information content (AvgIpc) is 2.27. The molecule has 1 aliphatic rings. The van der Waals surface area contributed by atoms with Crippen molar-refractivity contribution < 1.29 is 13.2 Å². The molecule has 1 rings (SSSR count). The molecular formula is C12H23F3N2. The molecule has 1 aliphatic carbocycles. The second-order valence-corrected chi connectivity index (χ2v) is 5.07. The van der Waals surface area contributed by atoms with Crippen LogP contribution in [0.1, 0.15) is 32.6 Å². The van der Waals surface area contributed by atoms with Gasteiger partial charge in [0.25, 0.3) is 0 Å². The molecular weight excluding hydrogens is 229 g/mol. The number of rotatable bonds is 5. The van der Waals surface area contributed by atoms with E-state index in [0.29, 0.717) is 31.5 Å². The summed E-state index contributed by atoms with van der Waals surface area (Å²) in [6.07, 6.45) is 0.117. The van der Waals surface area contributed by atoms with E-state index in [0.717, 1.165) is 25.7 Å². The maximum Gasteiger partial charge on any atom is 0.401 e. The Labute approximate surface area is 101 Å². The molecule has 0 aliphatic heterocycles. The van der Waals surface area contributed by atoms with Crippen molar-refractivity contribution in [2.24, 2.45) is 17.6 Å². The zero-order valence-corrected chi connectivity index (χ0v) is 10.5. The van der Waals surface area contributed by atoms with E-state index in [4.69, 9.17) is 5.73 Å². The number of halogens is 3. The number of nitrogens with zero attached hydrogens (tertiary/aromatic N) is 1. The Morgan fingerprint density at radius 2 is 1.65 bits per heavy atom. The maximum absolute atomic E-state index is 12.3. The van der Waals surface area contributed by atoms with Crippen LogP contribution < -0.4 is 5.73 Å². The van der Waals surface area contributed by atoms with Crippen LogP contribution in [0.15, 0.2) is 0 Å². The first kappa shape index (κ1) is 14.8. The molecule has 17 heavy (non-hydrogen) atoms. The molecule has 0 radical (unpaired) electrons. The second-order valence-electron chi connectivity index (χ2n) is 5.07. The normalized spacial score (nSPS) is 26.5. The van der Waals surface area contributed by atoms with Crippen LogP contribution in [0.5, 0.6) is 0 Å². The molecule has 2 nitrogen and oxygen atoms in total. The van der Waals surface area contributed by atoms with Crippen molar-refractivity contribution in [3.05, 3.63) is 0 Å². The van der Waals surface area contributed by atoms with Gasteiger partial charge in [-0.1, -0.05) is 6.92 Å². The van der Waals surface area contributed by atoms with Gasteiger partial charge >= 0.3 is 6.18 Å². The van der Waals surface area contributed by atoms with E-state index in [2.05, 4.69) is 0 Å². The number of hydrogen-bond acceptors (Lipinski definition) is 2. The van der Waals surface area contributed by atoms with Gasteiger partial charge in [-0.3, -0.25) is 4.90 Å². The standard InChI is InChI=1S/C12H23F3N2/c1-2-17(9-12(13,14)15)8-11-5-3-10(7-16)4-6-11/h10-11H,2-9,16H2,1H3. The van der Waals surface area contributed by atoms with Crippen LogP contribution in [0, 0.1) is 11.8 Å². The zero-order chi connectivity index (χ0) is 12.9. The predicted molar refractivity (Wildman–Crippen MR) is 62.7 cm³/mol. The van der Waals surface area contributed by atoms with Crippen molar-refractivity contribution in [2.75, 3.05) is 26.2 Å². The number of hydrogen-bond donors (Lipinski definition) is 1. The first-order valence-electron chi connectivity index (χ1n) is 6.43. The molecule has 102 valence electrons. The molecule has 1 saturated carbocycles. The van der Waals surface area contributed by atoms with Gasteiger partial charge in [-0.05, 0) is 50.6 Å². The van der Waals surface area contributed by atoms with Crippen LogP contribution in [-0.2, 0) is 0 Å². The Morgan fingerprint density at radius 1 is 1.12 bits per heavy atom. The van der Waals surface area contributed by atoms with E-state index in [-0.39, 0.29) is 0 Å². The Bertz CT molecular complexity index is 210. The lowest BCUT2D eigenvalue weighted by Gasteiger charge is -2.32. The molecule has 0 bridgehead atoms. The second kappa shape index (κ2) is 6.59. The van der Waals surface area contributed by atoms with Gasteiger partial charge < -0.3 is 5.73 Å². The summed E-state index contributed by atoms with van der Waals surface area (Å²) in [7, 11) is 0. The molecule has 0 spiro atoms. The third kappa shape index (κ3) is 5.73. The highest BCUT2D eigenvalue weighted by atomic mass is 19.4. The van der Waals surface area contributed by atoms with Gasteiger partial charge in [0, 0.05) is 6.54 Å². The summed E-state index contributed by atoms with van der Waals surface area (Å²) in [6.45, 7) is 2.77. The fourth-order valence-corrected chi connectivity index (χ4v) is 2.57. The predicted octanol–water partition coefficient (Wildman–Crippen LogP) is 2.64. The van der Waals surface area contributed by atoms with E-state index in [9.17, 15) is 13.2 Å². The van der Waals surface area contributed by atoms with Crippen molar-refractivity contribution in [3.63, 3.8) is 0 Å². The quantitative estimate of drug-likeness (QED) is 0.815. The molecule has 1 fully saturated rings.